The number of hydrogen-bond donors (Lipinski definition) is 1. The number of esters is 1. The fourth-order valence-corrected chi connectivity index (χ4v) is 1.66. The molecule has 2 atom stereocenters. The molecule has 14 heavy (non-hydrogen) atoms. The highest BCUT2D eigenvalue weighted by atomic mass is 16.5. The number of aliphatic hydroxyl groups excluding tert-OH is 1. The Kier molecular flexibility index (Phi) is 2.50. The number of rotatable bonds is 2. The zero-order chi connectivity index (χ0) is 9.97. The molecule has 0 spiro atoms. The third kappa shape index (κ3) is 1.77. The lowest BCUT2D eigenvalue weighted by atomic mass is 9.95. The standard InChI is InChI=1S/C11H12O3/c12-10-6-9(7-14-10)11(13)8-4-2-1-3-5-8/h1-5,9,11,13H,6-7H2/t9-,11+/m1/s1. The number of carbonyl (C=O) groups is 1. The van der Waals surface area contributed by atoms with E-state index in [0.29, 0.717) is 13.0 Å². The molecule has 0 radical (unpaired) electrons. The summed E-state index contributed by atoms with van der Waals surface area (Å²) in [5, 5.41) is 9.91. The molecule has 1 aliphatic rings. The summed E-state index contributed by atoms with van der Waals surface area (Å²) >= 11 is 0. The minimum absolute atomic E-state index is 0.0927. The van der Waals surface area contributed by atoms with E-state index in [2.05, 4.69) is 0 Å². The average Bonchev–Trinajstić information content (AvgIpc) is 2.65. The van der Waals surface area contributed by atoms with Crippen molar-refractivity contribution in [1.29, 1.82) is 0 Å². The molecule has 0 aromatic heterocycles. The number of benzene rings is 1. The summed E-state index contributed by atoms with van der Waals surface area (Å²) < 4.78 is 4.81. The summed E-state index contributed by atoms with van der Waals surface area (Å²) in [6.45, 7) is 0.328. The predicted molar refractivity (Wildman–Crippen MR) is 50.5 cm³/mol. The van der Waals surface area contributed by atoms with Crippen LogP contribution in [0.25, 0.3) is 0 Å². The van der Waals surface area contributed by atoms with Crippen molar-refractivity contribution in [3.8, 4) is 0 Å². The quantitative estimate of drug-likeness (QED) is 0.718. The Morgan fingerprint density at radius 1 is 1.36 bits per heavy atom. The molecule has 0 amide bonds. The molecule has 74 valence electrons. The number of ether oxygens (including phenoxy) is 1. The first kappa shape index (κ1) is 9.21. The molecule has 3 heteroatoms. The monoisotopic (exact) mass is 192 g/mol. The Labute approximate surface area is 82.3 Å². The van der Waals surface area contributed by atoms with E-state index in [1.165, 1.54) is 0 Å². The van der Waals surface area contributed by atoms with Crippen LogP contribution in [0.1, 0.15) is 18.1 Å². The first-order chi connectivity index (χ1) is 6.77. The van der Waals surface area contributed by atoms with Crippen molar-refractivity contribution in [3.63, 3.8) is 0 Å². The first-order valence-corrected chi connectivity index (χ1v) is 4.66. The molecule has 1 heterocycles. The summed E-state index contributed by atoms with van der Waals surface area (Å²) in [5.41, 5.74) is 0.843. The van der Waals surface area contributed by atoms with Gasteiger partial charge in [0.2, 0.25) is 0 Å². The van der Waals surface area contributed by atoms with E-state index in [9.17, 15) is 9.90 Å². The Morgan fingerprint density at radius 3 is 2.64 bits per heavy atom. The van der Waals surface area contributed by atoms with Crippen LogP contribution in [0.4, 0.5) is 0 Å². The maximum Gasteiger partial charge on any atom is 0.306 e. The lowest BCUT2D eigenvalue weighted by molar-refractivity contribution is -0.137. The minimum Gasteiger partial charge on any atom is -0.465 e. The predicted octanol–water partition coefficient (Wildman–Crippen LogP) is 1.28. The molecule has 0 saturated carbocycles. The highest BCUT2D eigenvalue weighted by Crippen LogP contribution is 2.28. The SMILES string of the molecule is O=C1C[C@@H]([C@@H](O)c2ccccc2)CO1. The van der Waals surface area contributed by atoms with Crippen molar-refractivity contribution in [2.75, 3.05) is 6.61 Å². The molecule has 0 unspecified atom stereocenters. The fraction of sp³-hybridized carbons (Fsp3) is 0.364. The lowest BCUT2D eigenvalue weighted by Crippen LogP contribution is -2.12. The Morgan fingerprint density at radius 2 is 2.07 bits per heavy atom. The average molecular weight is 192 g/mol. The zero-order valence-electron chi connectivity index (χ0n) is 7.72. The molecule has 1 fully saturated rings. The number of hydrogen-bond acceptors (Lipinski definition) is 3. The largest absolute Gasteiger partial charge is 0.465 e. The van der Waals surface area contributed by atoms with Crippen LogP contribution in [0.5, 0.6) is 0 Å². The lowest BCUT2D eigenvalue weighted by Gasteiger charge is -2.15. The molecular formula is C11H12O3. The van der Waals surface area contributed by atoms with Gasteiger partial charge in [-0.3, -0.25) is 4.79 Å². The first-order valence-electron chi connectivity index (χ1n) is 4.66. The van der Waals surface area contributed by atoms with Gasteiger partial charge >= 0.3 is 5.97 Å². The number of aliphatic hydroxyl groups is 1. The van der Waals surface area contributed by atoms with Gasteiger partial charge in [0.05, 0.1) is 19.1 Å². The van der Waals surface area contributed by atoms with Crippen molar-refractivity contribution < 1.29 is 14.6 Å². The van der Waals surface area contributed by atoms with E-state index in [1.54, 1.807) is 0 Å². The van der Waals surface area contributed by atoms with E-state index >= 15 is 0 Å². The Bertz CT molecular complexity index is 321. The summed E-state index contributed by atoms with van der Waals surface area (Å²) in [6.07, 6.45) is -0.279. The van der Waals surface area contributed by atoms with E-state index in [4.69, 9.17) is 4.74 Å². The van der Waals surface area contributed by atoms with Gasteiger partial charge < -0.3 is 9.84 Å². The Hall–Kier alpha value is -1.35. The zero-order valence-corrected chi connectivity index (χ0v) is 7.72. The van der Waals surface area contributed by atoms with Gasteiger partial charge in [-0.2, -0.15) is 0 Å². The van der Waals surface area contributed by atoms with Gasteiger partial charge in [-0.1, -0.05) is 30.3 Å². The van der Waals surface area contributed by atoms with E-state index in [-0.39, 0.29) is 11.9 Å². The molecule has 1 aromatic carbocycles. The second-order valence-electron chi connectivity index (χ2n) is 3.50. The molecule has 0 bridgehead atoms. The molecule has 1 aromatic rings. The van der Waals surface area contributed by atoms with Crippen molar-refractivity contribution in [2.24, 2.45) is 5.92 Å². The normalized spacial score (nSPS) is 23.2. The highest BCUT2D eigenvalue weighted by molar-refractivity contribution is 5.71. The van der Waals surface area contributed by atoms with Crippen molar-refractivity contribution in [2.45, 2.75) is 12.5 Å². The number of carbonyl (C=O) groups excluding carboxylic acids is 1. The molecule has 0 aliphatic carbocycles. The van der Waals surface area contributed by atoms with Crippen LogP contribution in [0.3, 0.4) is 0 Å². The summed E-state index contributed by atoms with van der Waals surface area (Å²) in [4.78, 5) is 10.9. The van der Waals surface area contributed by atoms with Crippen LogP contribution in [-0.4, -0.2) is 17.7 Å². The van der Waals surface area contributed by atoms with Gasteiger partial charge in [-0.25, -0.2) is 0 Å². The summed E-state index contributed by atoms with van der Waals surface area (Å²) in [5.74, 6) is -0.310. The molecule has 1 aliphatic heterocycles. The van der Waals surface area contributed by atoms with Gasteiger partial charge in [-0.05, 0) is 5.56 Å². The molecule has 1 saturated heterocycles. The molecule has 2 rings (SSSR count). The van der Waals surface area contributed by atoms with Crippen LogP contribution in [0.15, 0.2) is 30.3 Å². The topological polar surface area (TPSA) is 46.5 Å². The van der Waals surface area contributed by atoms with E-state index in [1.807, 2.05) is 30.3 Å². The van der Waals surface area contributed by atoms with Crippen LogP contribution in [-0.2, 0) is 9.53 Å². The van der Waals surface area contributed by atoms with Crippen LogP contribution < -0.4 is 0 Å². The summed E-state index contributed by atoms with van der Waals surface area (Å²) in [6, 6.07) is 9.35. The molecular weight excluding hydrogens is 180 g/mol. The second-order valence-corrected chi connectivity index (χ2v) is 3.50. The maximum absolute atomic E-state index is 10.9. The fourth-order valence-electron chi connectivity index (χ4n) is 1.66. The minimum atomic E-state index is -0.595. The van der Waals surface area contributed by atoms with Gasteiger partial charge in [0.1, 0.15) is 0 Å². The van der Waals surface area contributed by atoms with Gasteiger partial charge in [0.25, 0.3) is 0 Å². The Balaban J connectivity index is 2.09. The molecule has 3 nitrogen and oxygen atoms in total. The van der Waals surface area contributed by atoms with Crippen LogP contribution >= 0.6 is 0 Å². The third-order valence-corrected chi connectivity index (χ3v) is 2.47. The summed E-state index contributed by atoms with van der Waals surface area (Å²) in [7, 11) is 0. The van der Waals surface area contributed by atoms with Gasteiger partial charge in [0.15, 0.2) is 0 Å². The molecule has 1 N–H and O–H groups in total. The van der Waals surface area contributed by atoms with E-state index < -0.39 is 6.10 Å². The van der Waals surface area contributed by atoms with Gasteiger partial charge in [0, 0.05) is 5.92 Å². The van der Waals surface area contributed by atoms with Crippen molar-refractivity contribution in [1.82, 2.24) is 0 Å². The van der Waals surface area contributed by atoms with Crippen molar-refractivity contribution >= 4 is 5.97 Å². The number of cyclic esters (lactones) is 1. The maximum atomic E-state index is 10.9. The van der Waals surface area contributed by atoms with Crippen LogP contribution in [0.2, 0.25) is 0 Å². The van der Waals surface area contributed by atoms with Crippen LogP contribution in [0, 0.1) is 5.92 Å². The van der Waals surface area contributed by atoms with Gasteiger partial charge in [-0.15, -0.1) is 0 Å². The smallest absolute Gasteiger partial charge is 0.306 e. The third-order valence-electron chi connectivity index (χ3n) is 2.47. The van der Waals surface area contributed by atoms with Crippen molar-refractivity contribution in [3.05, 3.63) is 35.9 Å². The highest BCUT2D eigenvalue weighted by Gasteiger charge is 2.30. The second kappa shape index (κ2) is 3.80. The van der Waals surface area contributed by atoms with E-state index in [0.717, 1.165) is 5.56 Å².